The minimum absolute atomic E-state index is 0.117. The van der Waals surface area contributed by atoms with Crippen molar-refractivity contribution in [1.29, 1.82) is 0 Å². The molecule has 0 bridgehead atoms. The number of nitrogens with one attached hydrogen (secondary N) is 1. The number of fused-ring (bicyclic) bond motifs is 1. The molecule has 1 heterocycles. The summed E-state index contributed by atoms with van der Waals surface area (Å²) in [5, 5.41) is 14.2. The van der Waals surface area contributed by atoms with E-state index in [4.69, 9.17) is 5.73 Å². The number of anilines is 2. The monoisotopic (exact) mass is 271 g/mol. The largest absolute Gasteiger partial charge is 0.399 e. The van der Waals surface area contributed by atoms with Gasteiger partial charge in [-0.2, -0.15) is 0 Å². The van der Waals surface area contributed by atoms with Crippen molar-refractivity contribution in [3.05, 3.63) is 30.0 Å². The van der Waals surface area contributed by atoms with Crippen LogP contribution in [0.2, 0.25) is 0 Å². The van der Waals surface area contributed by atoms with Gasteiger partial charge in [-0.05, 0) is 56.4 Å². The van der Waals surface area contributed by atoms with Gasteiger partial charge in [0.25, 0.3) is 0 Å². The van der Waals surface area contributed by atoms with Gasteiger partial charge >= 0.3 is 0 Å². The lowest BCUT2D eigenvalue weighted by molar-refractivity contribution is 0.178. The van der Waals surface area contributed by atoms with Crippen molar-refractivity contribution in [3.8, 4) is 0 Å². The molecule has 4 N–H and O–H groups in total. The van der Waals surface area contributed by atoms with Crippen LogP contribution in [0.4, 0.5) is 11.4 Å². The van der Waals surface area contributed by atoms with Gasteiger partial charge in [0.05, 0.1) is 11.6 Å². The topological polar surface area (TPSA) is 71.2 Å². The molecule has 1 aliphatic rings. The average Bonchev–Trinajstić information content (AvgIpc) is 2.82. The molecule has 3 rings (SSSR count). The molecular formula is C16H21N3O. The fourth-order valence-corrected chi connectivity index (χ4v) is 3.01. The van der Waals surface area contributed by atoms with Gasteiger partial charge < -0.3 is 16.2 Å². The number of pyridine rings is 1. The lowest BCUT2D eigenvalue weighted by Crippen LogP contribution is -2.13. The Morgan fingerprint density at radius 1 is 1.35 bits per heavy atom. The van der Waals surface area contributed by atoms with E-state index in [1.807, 2.05) is 25.1 Å². The van der Waals surface area contributed by atoms with Crippen molar-refractivity contribution in [2.75, 3.05) is 17.6 Å². The van der Waals surface area contributed by atoms with Crippen molar-refractivity contribution in [1.82, 2.24) is 4.98 Å². The average molecular weight is 271 g/mol. The lowest BCUT2D eigenvalue weighted by Gasteiger charge is -2.15. The summed E-state index contributed by atoms with van der Waals surface area (Å²) in [4.78, 5) is 4.53. The standard InChI is InChI=1S/C16H21N3O/c1-10-6-16(18-9-11-2-4-13(20)7-11)14-8-12(17)3-5-15(14)19-10/h3,5-6,8,11,13,20H,2,4,7,9,17H2,1H3,(H,18,19). The van der Waals surface area contributed by atoms with Crippen LogP contribution in [0.1, 0.15) is 25.0 Å². The SMILES string of the molecule is Cc1cc(NCC2CCC(O)C2)c2cc(N)ccc2n1. The Labute approximate surface area is 119 Å². The summed E-state index contributed by atoms with van der Waals surface area (Å²) in [6.07, 6.45) is 2.80. The zero-order chi connectivity index (χ0) is 14.1. The van der Waals surface area contributed by atoms with E-state index in [1.54, 1.807) is 0 Å². The molecular weight excluding hydrogens is 250 g/mol. The summed E-state index contributed by atoms with van der Waals surface area (Å²) >= 11 is 0. The summed E-state index contributed by atoms with van der Waals surface area (Å²) in [7, 11) is 0. The Hall–Kier alpha value is -1.81. The molecule has 1 aromatic heterocycles. The molecule has 4 heteroatoms. The first-order valence-electron chi connectivity index (χ1n) is 7.20. The summed E-state index contributed by atoms with van der Waals surface area (Å²) in [5.41, 5.74) is 9.68. The number of nitrogens with zero attached hydrogens (tertiary/aromatic N) is 1. The Kier molecular flexibility index (Phi) is 3.49. The Bertz CT molecular complexity index is 626. The molecule has 0 aliphatic heterocycles. The molecule has 0 spiro atoms. The van der Waals surface area contributed by atoms with Gasteiger partial charge in [-0.25, -0.2) is 0 Å². The van der Waals surface area contributed by atoms with Crippen LogP contribution in [0.15, 0.2) is 24.3 Å². The third kappa shape index (κ3) is 2.70. The van der Waals surface area contributed by atoms with Gasteiger partial charge in [0.2, 0.25) is 0 Å². The summed E-state index contributed by atoms with van der Waals surface area (Å²) < 4.78 is 0. The van der Waals surface area contributed by atoms with E-state index in [9.17, 15) is 5.11 Å². The smallest absolute Gasteiger partial charge is 0.0727 e. The van der Waals surface area contributed by atoms with Crippen LogP contribution in [0.5, 0.6) is 0 Å². The molecule has 1 aliphatic carbocycles. The molecule has 106 valence electrons. The van der Waals surface area contributed by atoms with Gasteiger partial charge in [-0.3, -0.25) is 4.98 Å². The highest BCUT2D eigenvalue weighted by Crippen LogP contribution is 2.28. The number of hydrogen-bond donors (Lipinski definition) is 3. The number of aryl methyl sites for hydroxylation is 1. The minimum atomic E-state index is -0.117. The predicted molar refractivity (Wildman–Crippen MR) is 82.7 cm³/mol. The molecule has 2 atom stereocenters. The second-order valence-corrected chi connectivity index (χ2v) is 5.80. The lowest BCUT2D eigenvalue weighted by atomic mass is 10.1. The maximum Gasteiger partial charge on any atom is 0.0727 e. The van der Waals surface area contributed by atoms with E-state index in [1.165, 1.54) is 0 Å². The Morgan fingerprint density at radius 3 is 2.95 bits per heavy atom. The number of benzene rings is 1. The highest BCUT2D eigenvalue weighted by molar-refractivity contribution is 5.93. The maximum atomic E-state index is 9.59. The third-order valence-corrected chi connectivity index (χ3v) is 4.06. The molecule has 1 saturated carbocycles. The number of rotatable bonds is 3. The predicted octanol–water partition coefficient (Wildman–Crippen LogP) is 2.70. The second-order valence-electron chi connectivity index (χ2n) is 5.80. The summed E-state index contributed by atoms with van der Waals surface area (Å²) in [6, 6.07) is 7.87. The molecule has 1 aromatic carbocycles. The van der Waals surface area contributed by atoms with Gasteiger partial charge in [0.1, 0.15) is 0 Å². The number of aliphatic hydroxyl groups is 1. The molecule has 0 radical (unpaired) electrons. The minimum Gasteiger partial charge on any atom is -0.399 e. The molecule has 2 aromatic rings. The van der Waals surface area contributed by atoms with Crippen molar-refractivity contribution in [2.45, 2.75) is 32.3 Å². The maximum absolute atomic E-state index is 9.59. The summed E-state index contributed by atoms with van der Waals surface area (Å²) in [6.45, 7) is 2.89. The Balaban J connectivity index is 1.84. The molecule has 2 unspecified atom stereocenters. The van der Waals surface area contributed by atoms with Gasteiger partial charge in [-0.1, -0.05) is 0 Å². The van der Waals surface area contributed by atoms with E-state index < -0.39 is 0 Å². The number of nitrogens with two attached hydrogens (primary N) is 1. The molecule has 1 fully saturated rings. The third-order valence-electron chi connectivity index (χ3n) is 4.06. The first-order valence-corrected chi connectivity index (χ1v) is 7.20. The van der Waals surface area contributed by atoms with Crippen molar-refractivity contribution < 1.29 is 5.11 Å². The van der Waals surface area contributed by atoms with Crippen LogP contribution in [0.25, 0.3) is 10.9 Å². The van der Waals surface area contributed by atoms with E-state index in [-0.39, 0.29) is 6.10 Å². The van der Waals surface area contributed by atoms with Crippen LogP contribution < -0.4 is 11.1 Å². The van der Waals surface area contributed by atoms with Gasteiger partial charge in [0, 0.05) is 29.0 Å². The van der Waals surface area contributed by atoms with Crippen LogP contribution in [0, 0.1) is 12.8 Å². The number of nitrogen functional groups attached to an aromatic ring is 1. The van der Waals surface area contributed by atoms with E-state index in [2.05, 4.69) is 16.4 Å². The highest BCUT2D eigenvalue weighted by Gasteiger charge is 2.22. The first-order chi connectivity index (χ1) is 9.61. The van der Waals surface area contributed by atoms with Crippen molar-refractivity contribution in [3.63, 3.8) is 0 Å². The van der Waals surface area contributed by atoms with Crippen molar-refractivity contribution in [2.24, 2.45) is 5.92 Å². The fraction of sp³-hybridized carbons (Fsp3) is 0.438. The fourth-order valence-electron chi connectivity index (χ4n) is 3.01. The number of aliphatic hydroxyl groups excluding tert-OH is 1. The first kappa shape index (κ1) is 13.2. The summed E-state index contributed by atoms with van der Waals surface area (Å²) in [5.74, 6) is 0.551. The zero-order valence-electron chi connectivity index (χ0n) is 11.8. The number of aromatic nitrogens is 1. The van der Waals surface area contributed by atoms with E-state index >= 15 is 0 Å². The zero-order valence-corrected chi connectivity index (χ0v) is 11.8. The van der Waals surface area contributed by atoms with E-state index in [0.717, 1.165) is 53.8 Å². The van der Waals surface area contributed by atoms with Gasteiger partial charge in [0.15, 0.2) is 0 Å². The Morgan fingerprint density at radius 2 is 2.20 bits per heavy atom. The molecule has 0 amide bonds. The normalized spacial score (nSPS) is 22.3. The van der Waals surface area contributed by atoms with Gasteiger partial charge in [-0.15, -0.1) is 0 Å². The quantitative estimate of drug-likeness (QED) is 0.751. The van der Waals surface area contributed by atoms with Crippen molar-refractivity contribution >= 4 is 22.3 Å². The van der Waals surface area contributed by atoms with Crippen LogP contribution in [-0.2, 0) is 0 Å². The van der Waals surface area contributed by atoms with E-state index in [0.29, 0.717) is 5.92 Å². The van der Waals surface area contributed by atoms with Crippen LogP contribution in [0.3, 0.4) is 0 Å². The van der Waals surface area contributed by atoms with Crippen LogP contribution in [-0.4, -0.2) is 22.7 Å². The second kappa shape index (κ2) is 5.29. The van der Waals surface area contributed by atoms with Crippen LogP contribution >= 0.6 is 0 Å². The molecule has 20 heavy (non-hydrogen) atoms. The number of hydrogen-bond acceptors (Lipinski definition) is 4. The highest BCUT2D eigenvalue weighted by atomic mass is 16.3. The molecule has 4 nitrogen and oxygen atoms in total. The molecule has 0 saturated heterocycles.